The molecule has 4 saturated heterocycles. The van der Waals surface area contributed by atoms with Crippen molar-refractivity contribution in [2.24, 2.45) is 0 Å². The van der Waals surface area contributed by atoms with E-state index in [4.69, 9.17) is 4.52 Å². The summed E-state index contributed by atoms with van der Waals surface area (Å²) in [6.07, 6.45) is 0.858. The topological polar surface area (TPSA) is 57.4 Å². The summed E-state index contributed by atoms with van der Waals surface area (Å²) in [6, 6.07) is 0.817. The molecule has 0 spiro atoms. The molecule has 0 aliphatic carbocycles. The lowest BCUT2D eigenvalue weighted by Crippen LogP contribution is -2.57. The number of fused-ring (bicyclic) bond motifs is 3. The maximum Gasteiger partial charge on any atom is 0.228 e. The molecule has 7 heteroatoms. The highest BCUT2D eigenvalue weighted by Gasteiger charge is 2.35. The maximum absolute atomic E-state index is 5.47. The van der Waals surface area contributed by atoms with E-state index in [-0.39, 0.29) is 0 Å². The van der Waals surface area contributed by atoms with Crippen LogP contribution in [0.5, 0.6) is 0 Å². The van der Waals surface area contributed by atoms with E-state index in [1.165, 1.54) is 18.8 Å². The molecule has 4 fully saturated rings. The lowest BCUT2D eigenvalue weighted by molar-refractivity contribution is 0.00781. The first-order valence-electron chi connectivity index (χ1n) is 7.48. The van der Waals surface area contributed by atoms with Crippen molar-refractivity contribution in [1.29, 1.82) is 0 Å². The standard InChI is InChI=1S/C13H21N5OS/c1-6-20-9-10(14-1)7-12-15-13(16-19-12)11-8-17-2-4-18(11)5-3-17/h10-11,14H,1-9H2. The predicted molar refractivity (Wildman–Crippen MR) is 77.9 cm³/mol. The molecule has 1 N–H and O–H groups in total. The van der Waals surface area contributed by atoms with Gasteiger partial charge in [-0.3, -0.25) is 9.80 Å². The van der Waals surface area contributed by atoms with Gasteiger partial charge in [0.25, 0.3) is 0 Å². The predicted octanol–water partition coefficient (Wildman–Crippen LogP) is -0.0106. The third kappa shape index (κ3) is 2.59. The maximum atomic E-state index is 5.47. The fourth-order valence-electron chi connectivity index (χ4n) is 3.31. The average Bonchev–Trinajstić information content (AvgIpc) is 2.98. The molecule has 5 rings (SSSR count). The molecule has 0 aromatic carbocycles. The Kier molecular flexibility index (Phi) is 3.68. The highest BCUT2D eigenvalue weighted by molar-refractivity contribution is 7.99. The molecule has 0 saturated carbocycles. The van der Waals surface area contributed by atoms with Gasteiger partial charge in [-0.15, -0.1) is 0 Å². The van der Waals surface area contributed by atoms with Gasteiger partial charge in [-0.25, -0.2) is 0 Å². The molecular formula is C13H21N5OS. The van der Waals surface area contributed by atoms with Crippen LogP contribution >= 0.6 is 11.8 Å². The van der Waals surface area contributed by atoms with Gasteiger partial charge in [0.15, 0.2) is 5.82 Å². The molecule has 6 nitrogen and oxygen atoms in total. The first-order valence-corrected chi connectivity index (χ1v) is 8.64. The van der Waals surface area contributed by atoms with Gasteiger partial charge >= 0.3 is 0 Å². The van der Waals surface area contributed by atoms with E-state index < -0.39 is 0 Å². The van der Waals surface area contributed by atoms with Gasteiger partial charge in [0.05, 0.1) is 6.04 Å². The van der Waals surface area contributed by atoms with Gasteiger partial charge in [0.2, 0.25) is 5.89 Å². The second kappa shape index (κ2) is 5.63. The Balaban J connectivity index is 1.42. The van der Waals surface area contributed by atoms with Crippen molar-refractivity contribution in [1.82, 2.24) is 25.3 Å². The van der Waals surface area contributed by atoms with Crippen molar-refractivity contribution in [3.63, 3.8) is 0 Å². The van der Waals surface area contributed by atoms with Gasteiger partial charge in [0.1, 0.15) is 0 Å². The summed E-state index contributed by atoms with van der Waals surface area (Å²) in [5.74, 6) is 4.02. The molecule has 1 aromatic heterocycles. The number of hydrogen-bond donors (Lipinski definition) is 1. The van der Waals surface area contributed by atoms with E-state index in [0.717, 1.165) is 50.1 Å². The number of hydrogen-bond acceptors (Lipinski definition) is 7. The Labute approximate surface area is 123 Å². The first-order chi connectivity index (χ1) is 9.88. The Hall–Kier alpha value is -0.630. The van der Waals surface area contributed by atoms with Gasteiger partial charge < -0.3 is 9.84 Å². The Morgan fingerprint density at radius 2 is 2.20 bits per heavy atom. The third-order valence-corrected chi connectivity index (χ3v) is 5.61. The van der Waals surface area contributed by atoms with Crippen LogP contribution in [0.2, 0.25) is 0 Å². The molecule has 4 aliphatic rings. The van der Waals surface area contributed by atoms with Crippen LogP contribution in [-0.2, 0) is 6.42 Å². The number of nitrogens with one attached hydrogen (secondary N) is 1. The SMILES string of the molecule is C1CSCC(Cc2nc(C3CN4CCN3CC4)no2)N1. The van der Waals surface area contributed by atoms with Crippen LogP contribution < -0.4 is 5.32 Å². The van der Waals surface area contributed by atoms with Gasteiger partial charge in [-0.1, -0.05) is 5.16 Å². The summed E-state index contributed by atoms with van der Waals surface area (Å²) in [5.41, 5.74) is 0. The summed E-state index contributed by atoms with van der Waals surface area (Å²) >= 11 is 2.00. The van der Waals surface area contributed by atoms with E-state index in [1.54, 1.807) is 0 Å². The molecule has 1 aromatic rings. The number of piperazine rings is 3. The zero-order valence-electron chi connectivity index (χ0n) is 11.6. The van der Waals surface area contributed by atoms with Crippen LogP contribution in [0.4, 0.5) is 0 Å². The summed E-state index contributed by atoms with van der Waals surface area (Å²) in [7, 11) is 0. The van der Waals surface area contributed by atoms with Crippen molar-refractivity contribution < 1.29 is 4.52 Å². The highest BCUT2D eigenvalue weighted by atomic mass is 32.2. The quantitative estimate of drug-likeness (QED) is 0.841. The molecule has 0 amide bonds. The summed E-state index contributed by atoms with van der Waals surface area (Å²) < 4.78 is 5.47. The largest absolute Gasteiger partial charge is 0.339 e. The van der Waals surface area contributed by atoms with Crippen molar-refractivity contribution in [3.05, 3.63) is 11.7 Å². The number of rotatable bonds is 3. The fraction of sp³-hybridized carbons (Fsp3) is 0.846. The van der Waals surface area contributed by atoms with Crippen LogP contribution in [-0.4, -0.2) is 76.8 Å². The summed E-state index contributed by atoms with van der Waals surface area (Å²) in [6.45, 7) is 6.78. The van der Waals surface area contributed by atoms with E-state index in [2.05, 4.69) is 25.3 Å². The van der Waals surface area contributed by atoms with Crippen LogP contribution in [0.3, 0.4) is 0 Å². The Morgan fingerprint density at radius 1 is 1.30 bits per heavy atom. The smallest absolute Gasteiger partial charge is 0.228 e. The van der Waals surface area contributed by atoms with E-state index >= 15 is 0 Å². The van der Waals surface area contributed by atoms with Gasteiger partial charge in [0, 0.05) is 63.2 Å². The minimum atomic E-state index is 0.337. The van der Waals surface area contributed by atoms with E-state index in [1.807, 2.05) is 11.8 Å². The average molecular weight is 295 g/mol. The summed E-state index contributed by atoms with van der Waals surface area (Å²) in [5, 5.41) is 7.75. The van der Waals surface area contributed by atoms with Crippen LogP contribution in [0, 0.1) is 0 Å². The van der Waals surface area contributed by atoms with Crippen LogP contribution in [0.25, 0.3) is 0 Å². The van der Waals surface area contributed by atoms with Crippen LogP contribution in [0.1, 0.15) is 17.8 Å². The molecule has 2 unspecified atom stereocenters. The molecule has 2 bridgehead atoms. The fourth-order valence-corrected chi connectivity index (χ4v) is 4.26. The molecular weight excluding hydrogens is 274 g/mol. The van der Waals surface area contributed by atoms with Crippen molar-refractivity contribution in [2.45, 2.75) is 18.5 Å². The van der Waals surface area contributed by atoms with Crippen LogP contribution in [0.15, 0.2) is 4.52 Å². The number of thioether (sulfide) groups is 1. The monoisotopic (exact) mass is 295 g/mol. The minimum Gasteiger partial charge on any atom is -0.339 e. The molecule has 4 aliphatic heterocycles. The molecule has 0 radical (unpaired) electrons. The van der Waals surface area contributed by atoms with Gasteiger partial charge in [-0.05, 0) is 0 Å². The molecule has 2 atom stereocenters. The van der Waals surface area contributed by atoms with Crippen molar-refractivity contribution >= 4 is 11.8 Å². The van der Waals surface area contributed by atoms with Crippen molar-refractivity contribution in [3.8, 4) is 0 Å². The second-order valence-corrected chi connectivity index (χ2v) is 6.98. The minimum absolute atomic E-state index is 0.337. The number of aromatic nitrogens is 2. The third-order valence-electron chi connectivity index (χ3n) is 4.48. The van der Waals surface area contributed by atoms with Crippen molar-refractivity contribution in [2.75, 3.05) is 50.8 Å². The summed E-state index contributed by atoms with van der Waals surface area (Å²) in [4.78, 5) is 9.64. The highest BCUT2D eigenvalue weighted by Crippen LogP contribution is 2.27. The van der Waals surface area contributed by atoms with Gasteiger partial charge in [-0.2, -0.15) is 16.7 Å². The zero-order valence-corrected chi connectivity index (χ0v) is 12.4. The normalized spacial score (nSPS) is 37.2. The van der Waals surface area contributed by atoms with E-state index in [9.17, 15) is 0 Å². The second-order valence-electron chi connectivity index (χ2n) is 5.83. The first kappa shape index (κ1) is 13.1. The molecule has 5 heterocycles. The Bertz CT molecular complexity index is 453. The zero-order chi connectivity index (χ0) is 13.4. The molecule has 110 valence electrons. The lowest BCUT2D eigenvalue weighted by Gasteiger charge is -2.46. The lowest BCUT2D eigenvalue weighted by atomic mass is 10.1. The number of nitrogens with zero attached hydrogens (tertiary/aromatic N) is 4. The Morgan fingerprint density at radius 3 is 2.90 bits per heavy atom. The van der Waals surface area contributed by atoms with E-state index in [0.29, 0.717) is 12.1 Å². The molecule has 20 heavy (non-hydrogen) atoms.